The third-order valence-corrected chi connectivity index (χ3v) is 17.1. The van der Waals surface area contributed by atoms with Crippen molar-refractivity contribution >= 4 is 28.4 Å². The third-order valence-electron chi connectivity index (χ3n) is 17.1. The van der Waals surface area contributed by atoms with Crippen LogP contribution in [0, 0.1) is 12.8 Å². The Morgan fingerprint density at radius 3 is 1.98 bits per heavy atom. The number of aryl methyl sites for hydroxylation is 1. The number of anilines is 1. The number of hydrogen-bond acceptors (Lipinski definition) is 4. The minimum atomic E-state index is -5.13. The molecule has 410 valence electrons. The van der Waals surface area contributed by atoms with E-state index in [2.05, 4.69) is 36.5 Å². The highest BCUT2D eigenvalue weighted by Gasteiger charge is 2.50. The minimum absolute atomic E-state index is 0.166. The quantitative estimate of drug-likeness (QED) is 0.0923. The van der Waals surface area contributed by atoms with Crippen LogP contribution in [0.5, 0.6) is 17.2 Å². The molecule has 5 nitrogen and oxygen atoms in total. The van der Waals surface area contributed by atoms with Crippen LogP contribution in [-0.2, 0) is 23.4 Å². The zero-order valence-electron chi connectivity index (χ0n) is 45.7. The lowest BCUT2D eigenvalue weighted by Crippen LogP contribution is -2.35. The molecule has 1 unspecified atom stereocenters. The minimum Gasteiger partial charge on any atom is -0.497 e. The largest absolute Gasteiger partial charge is 0.497 e. The molecule has 0 bridgehead atoms. The molecule has 0 saturated heterocycles. The fraction of sp³-hybridized carbons (Fsp3) is 0.290. The average Bonchev–Trinajstić information content (AvgIpc) is 3.97. The molecule has 11 heteroatoms. The molecule has 3 aliphatic rings. The van der Waals surface area contributed by atoms with Crippen LogP contribution in [0.25, 0.3) is 50.2 Å². The first kappa shape index (κ1) is 54.2. The van der Waals surface area contributed by atoms with Gasteiger partial charge in [-0.25, -0.2) is 0 Å². The summed E-state index contributed by atoms with van der Waals surface area (Å²) in [5.74, 6) is 2.46. The molecule has 1 saturated carbocycles. The van der Waals surface area contributed by atoms with Crippen LogP contribution in [0.15, 0.2) is 152 Å². The molecule has 0 spiro atoms. The van der Waals surface area contributed by atoms with Crippen molar-refractivity contribution in [2.75, 3.05) is 19.5 Å². The summed E-state index contributed by atoms with van der Waals surface area (Å²) in [6, 6.07) is 43.3. The Bertz CT molecular complexity index is 3670. The summed E-state index contributed by atoms with van der Waals surface area (Å²) in [4.78, 5) is 13.8. The van der Waals surface area contributed by atoms with E-state index in [0.717, 1.165) is 39.8 Å². The maximum Gasteiger partial charge on any atom is 0.416 e. The summed E-state index contributed by atoms with van der Waals surface area (Å²) in [5.41, 5.74) is 2.97. The van der Waals surface area contributed by atoms with Crippen LogP contribution in [0.3, 0.4) is 0 Å². The maximum absolute atomic E-state index is 15.3. The summed E-state index contributed by atoms with van der Waals surface area (Å²) in [6.45, 7) is 7.37. The van der Waals surface area contributed by atoms with Crippen LogP contribution in [0.1, 0.15) is 138 Å². The van der Waals surface area contributed by atoms with E-state index in [1.807, 2.05) is 110 Å². The summed E-state index contributed by atoms with van der Waals surface area (Å²) >= 11 is 0. The first-order chi connectivity index (χ1) is 38.3. The molecule has 11 rings (SSSR count). The smallest absolute Gasteiger partial charge is 0.416 e. The normalized spacial score (nSPS) is 18.2. The SMILES string of the molecule is CCCCC[C@H]1CC[C@H](c2ccc(-c3ccc(C(=O)Nc4ccc(-c5cc6c7c(c8c(c6cc5OC)OC(c5ccccc5)(c5ccc(OC)cc5)C=C8)C(C)(C)c5c-7cc(C(F)(F)F)cc5C(F)(F)F)c(C)c4)cc3)cc2)CC1. The molecule has 1 aliphatic heterocycles. The third kappa shape index (κ3) is 9.80. The van der Waals surface area contributed by atoms with Gasteiger partial charge in [0.1, 0.15) is 17.2 Å². The number of carbonyl (C=O) groups excluding carboxylic acids is 1. The molecule has 1 fully saturated rings. The highest BCUT2D eigenvalue weighted by Crippen LogP contribution is 2.62. The van der Waals surface area contributed by atoms with Crippen molar-refractivity contribution in [2.45, 2.75) is 108 Å². The fourth-order valence-electron chi connectivity index (χ4n) is 13.0. The molecule has 0 radical (unpaired) electrons. The van der Waals surface area contributed by atoms with Crippen molar-refractivity contribution in [3.63, 3.8) is 0 Å². The summed E-state index contributed by atoms with van der Waals surface area (Å²) < 4.78 is 109. The zero-order chi connectivity index (χ0) is 56.3. The number of fused-ring (bicyclic) bond motifs is 8. The van der Waals surface area contributed by atoms with Crippen LogP contribution < -0.4 is 19.5 Å². The molecular formula is C69H63F6NO4. The number of benzene rings is 8. The lowest BCUT2D eigenvalue weighted by Gasteiger charge is -2.38. The van der Waals surface area contributed by atoms with Gasteiger partial charge in [0.25, 0.3) is 5.91 Å². The van der Waals surface area contributed by atoms with E-state index < -0.39 is 34.5 Å². The van der Waals surface area contributed by atoms with E-state index in [9.17, 15) is 18.0 Å². The van der Waals surface area contributed by atoms with Crippen molar-refractivity contribution in [1.29, 1.82) is 0 Å². The standard InChI is InChI=1S/C69H63F6NO4/c1-7-8-10-13-42-16-18-43(19-17-42)44-20-22-45(23-21-44)46-24-26-47(27-25-46)65(77)76-51-30-33-53(41(2)36-51)55-39-56-57(40-60(55)79-6)64-54(34-35-67(80-64,48-14-11-9-12-15-48)49-28-31-52(78-5)32-29-49)63-61(56)58-37-50(68(70,71)72)38-59(69(73,74)75)62(58)66(63,3)4/h9,11-12,14-15,20-40,42-43H,7-8,10,13,16-19H2,1-6H3,(H,76,77)/t42-,43-,67?. The first-order valence-corrected chi connectivity index (χ1v) is 27.6. The van der Waals surface area contributed by atoms with Crippen molar-refractivity contribution in [3.05, 3.63) is 207 Å². The second-order valence-electron chi connectivity index (χ2n) is 22.3. The number of rotatable bonds is 13. The lowest BCUT2D eigenvalue weighted by molar-refractivity contribution is -0.143. The molecular weight excluding hydrogens is 1020 g/mol. The highest BCUT2D eigenvalue weighted by atomic mass is 19.4. The summed E-state index contributed by atoms with van der Waals surface area (Å²) in [6.07, 6.45) is 3.83. The van der Waals surface area contributed by atoms with Gasteiger partial charge in [-0.05, 0) is 167 Å². The number of unbranched alkanes of at least 4 members (excludes halogenated alkanes) is 2. The van der Waals surface area contributed by atoms with Crippen LogP contribution in [0.2, 0.25) is 0 Å². The summed E-state index contributed by atoms with van der Waals surface area (Å²) in [7, 11) is 3.07. The van der Waals surface area contributed by atoms with Gasteiger partial charge in [0.2, 0.25) is 0 Å². The van der Waals surface area contributed by atoms with Crippen LogP contribution >= 0.6 is 0 Å². The fourth-order valence-corrected chi connectivity index (χ4v) is 13.0. The van der Waals surface area contributed by atoms with E-state index in [1.165, 1.54) is 64.0 Å². The number of amides is 1. The number of hydrogen-bond donors (Lipinski definition) is 1. The van der Waals surface area contributed by atoms with Crippen molar-refractivity contribution in [2.24, 2.45) is 5.92 Å². The van der Waals surface area contributed by atoms with Crippen LogP contribution in [0.4, 0.5) is 32.0 Å². The average molecular weight is 1080 g/mol. The van der Waals surface area contributed by atoms with Gasteiger partial charge in [0, 0.05) is 44.3 Å². The Kier molecular flexibility index (Phi) is 14.2. The number of ether oxygens (including phenoxy) is 3. The van der Waals surface area contributed by atoms with Gasteiger partial charge in [-0.15, -0.1) is 0 Å². The van der Waals surface area contributed by atoms with E-state index in [0.29, 0.717) is 67.4 Å². The van der Waals surface area contributed by atoms with Gasteiger partial charge >= 0.3 is 12.4 Å². The number of methoxy groups -OCH3 is 2. The second-order valence-corrected chi connectivity index (χ2v) is 22.3. The molecule has 1 amide bonds. The van der Waals surface area contributed by atoms with E-state index in [-0.39, 0.29) is 28.7 Å². The Hall–Kier alpha value is -7.79. The van der Waals surface area contributed by atoms with Gasteiger partial charge in [-0.3, -0.25) is 4.79 Å². The summed E-state index contributed by atoms with van der Waals surface area (Å²) in [5, 5.41) is 3.82. The molecule has 0 aromatic heterocycles. The van der Waals surface area contributed by atoms with E-state index in [1.54, 1.807) is 39.2 Å². The van der Waals surface area contributed by atoms with Crippen molar-refractivity contribution < 1.29 is 45.3 Å². The Morgan fingerprint density at radius 1 is 0.675 bits per heavy atom. The van der Waals surface area contributed by atoms with E-state index in [4.69, 9.17) is 14.2 Å². The molecule has 8 aromatic carbocycles. The number of nitrogens with one attached hydrogen (secondary N) is 1. The molecule has 1 atom stereocenters. The molecule has 80 heavy (non-hydrogen) atoms. The van der Waals surface area contributed by atoms with E-state index >= 15 is 13.2 Å². The predicted octanol–water partition coefficient (Wildman–Crippen LogP) is 19.3. The first-order valence-electron chi connectivity index (χ1n) is 27.6. The van der Waals surface area contributed by atoms with Gasteiger partial charge in [-0.2, -0.15) is 26.3 Å². The van der Waals surface area contributed by atoms with Gasteiger partial charge in [-0.1, -0.05) is 137 Å². The Morgan fingerprint density at radius 2 is 1.35 bits per heavy atom. The number of carbonyl (C=O) groups is 1. The molecule has 1 N–H and O–H groups in total. The molecule has 2 aliphatic carbocycles. The highest BCUT2D eigenvalue weighted by molar-refractivity contribution is 6.11. The Labute approximate surface area is 463 Å². The lowest BCUT2D eigenvalue weighted by atomic mass is 9.75. The molecule has 8 aromatic rings. The van der Waals surface area contributed by atoms with Gasteiger partial charge in [0.05, 0.1) is 25.3 Å². The van der Waals surface area contributed by atoms with Gasteiger partial charge in [0.15, 0.2) is 5.60 Å². The monoisotopic (exact) mass is 1080 g/mol. The zero-order valence-corrected chi connectivity index (χ0v) is 45.7. The van der Waals surface area contributed by atoms with Crippen molar-refractivity contribution in [1.82, 2.24) is 0 Å². The predicted molar refractivity (Wildman–Crippen MR) is 307 cm³/mol. The van der Waals surface area contributed by atoms with Crippen molar-refractivity contribution in [3.8, 4) is 50.6 Å². The van der Waals surface area contributed by atoms with Crippen LogP contribution in [-0.4, -0.2) is 20.1 Å². The van der Waals surface area contributed by atoms with Gasteiger partial charge < -0.3 is 19.5 Å². The number of alkyl halides is 6. The second kappa shape index (κ2) is 21.0. The maximum atomic E-state index is 15.3. The Balaban J connectivity index is 0.960. The number of halogens is 6. The molecule has 1 heterocycles. The topological polar surface area (TPSA) is 56.8 Å².